The number of sulfone groups is 1. The number of carboxylic acids is 1. The number of hydrogen-bond acceptors (Lipinski definition) is 5. The van der Waals surface area contributed by atoms with Crippen molar-refractivity contribution in [1.82, 2.24) is 5.32 Å². The van der Waals surface area contributed by atoms with E-state index in [0.29, 0.717) is 16.9 Å². The first-order valence-corrected chi connectivity index (χ1v) is 9.86. The van der Waals surface area contributed by atoms with Crippen LogP contribution in [0.1, 0.15) is 37.4 Å². The summed E-state index contributed by atoms with van der Waals surface area (Å²) in [5, 5.41) is 11.6. The normalized spacial score (nSPS) is 11.2. The van der Waals surface area contributed by atoms with Crippen molar-refractivity contribution in [3.63, 3.8) is 0 Å². The predicted molar refractivity (Wildman–Crippen MR) is 91.4 cm³/mol. The van der Waals surface area contributed by atoms with Crippen LogP contribution in [-0.2, 0) is 22.8 Å². The van der Waals surface area contributed by atoms with Gasteiger partial charge in [-0.25, -0.2) is 13.2 Å². The zero-order valence-corrected chi connectivity index (χ0v) is 14.8. The van der Waals surface area contributed by atoms with Gasteiger partial charge in [-0.05, 0) is 36.2 Å². The lowest BCUT2D eigenvalue weighted by atomic mass is 10.0. The van der Waals surface area contributed by atoms with Gasteiger partial charge in [0.1, 0.15) is 4.88 Å². The molecule has 0 saturated carbocycles. The van der Waals surface area contributed by atoms with Crippen LogP contribution in [0.15, 0.2) is 35.2 Å². The van der Waals surface area contributed by atoms with Gasteiger partial charge < -0.3 is 10.4 Å². The number of aryl methyl sites for hydroxylation is 1. The number of thiophene rings is 1. The van der Waals surface area contributed by atoms with Crippen LogP contribution < -0.4 is 5.32 Å². The molecule has 24 heavy (non-hydrogen) atoms. The highest BCUT2D eigenvalue weighted by Gasteiger charge is 2.16. The Morgan fingerprint density at radius 1 is 1.21 bits per heavy atom. The SMILES string of the molecule is CCc1ccc(S(C)(=O)=O)cc1C(=O)NCc1ccc(C(=O)O)s1. The fourth-order valence-electron chi connectivity index (χ4n) is 2.16. The second-order valence-electron chi connectivity index (χ2n) is 5.20. The predicted octanol–water partition coefficient (Wildman–Crippen LogP) is 2.34. The number of carbonyl (C=O) groups is 2. The standard InChI is InChI=1S/C16H17NO5S2/c1-3-10-4-6-12(24(2,21)22)8-13(10)15(18)17-9-11-5-7-14(23-11)16(19)20/h4-8H,3,9H2,1-2H3,(H,17,18)(H,19,20). The molecule has 1 amide bonds. The summed E-state index contributed by atoms with van der Waals surface area (Å²) in [6.45, 7) is 2.06. The maximum atomic E-state index is 12.4. The van der Waals surface area contributed by atoms with Crippen molar-refractivity contribution in [1.29, 1.82) is 0 Å². The molecule has 2 aromatic rings. The summed E-state index contributed by atoms with van der Waals surface area (Å²) in [4.78, 5) is 24.3. The molecular formula is C16H17NO5S2. The summed E-state index contributed by atoms with van der Waals surface area (Å²) in [6.07, 6.45) is 1.68. The van der Waals surface area contributed by atoms with Gasteiger partial charge in [-0.1, -0.05) is 13.0 Å². The molecule has 128 valence electrons. The van der Waals surface area contributed by atoms with Crippen LogP contribution >= 0.6 is 11.3 Å². The third-order valence-electron chi connectivity index (χ3n) is 3.43. The molecule has 8 heteroatoms. The third-order valence-corrected chi connectivity index (χ3v) is 5.61. The highest BCUT2D eigenvalue weighted by Crippen LogP contribution is 2.19. The van der Waals surface area contributed by atoms with Crippen LogP contribution in [0.4, 0.5) is 0 Å². The number of aromatic carboxylic acids is 1. The summed E-state index contributed by atoms with van der Waals surface area (Å²) in [7, 11) is -3.40. The van der Waals surface area contributed by atoms with Crippen molar-refractivity contribution in [2.45, 2.75) is 24.8 Å². The number of benzene rings is 1. The van der Waals surface area contributed by atoms with Crippen molar-refractivity contribution in [2.75, 3.05) is 6.26 Å². The van der Waals surface area contributed by atoms with Crippen LogP contribution in [0.2, 0.25) is 0 Å². The molecule has 1 aromatic carbocycles. The Bertz CT molecular complexity index is 884. The van der Waals surface area contributed by atoms with Gasteiger partial charge in [-0.3, -0.25) is 4.79 Å². The van der Waals surface area contributed by atoms with Gasteiger partial charge in [0.15, 0.2) is 9.84 Å². The second-order valence-corrected chi connectivity index (χ2v) is 8.38. The highest BCUT2D eigenvalue weighted by molar-refractivity contribution is 7.90. The lowest BCUT2D eigenvalue weighted by Crippen LogP contribution is -2.24. The van der Waals surface area contributed by atoms with E-state index in [4.69, 9.17) is 5.11 Å². The van der Waals surface area contributed by atoms with E-state index < -0.39 is 15.8 Å². The molecule has 1 aromatic heterocycles. The zero-order chi connectivity index (χ0) is 17.9. The van der Waals surface area contributed by atoms with E-state index in [0.717, 1.165) is 23.2 Å². The van der Waals surface area contributed by atoms with Crippen LogP contribution in [0.5, 0.6) is 0 Å². The Kier molecular flexibility index (Phi) is 5.40. The quantitative estimate of drug-likeness (QED) is 0.816. The van der Waals surface area contributed by atoms with Crippen LogP contribution in [-0.4, -0.2) is 31.7 Å². The summed E-state index contributed by atoms with van der Waals surface area (Å²) >= 11 is 1.09. The Hall–Kier alpha value is -2.19. The molecule has 0 saturated heterocycles. The van der Waals surface area contributed by atoms with E-state index >= 15 is 0 Å². The first-order chi connectivity index (χ1) is 11.2. The lowest BCUT2D eigenvalue weighted by Gasteiger charge is -2.10. The van der Waals surface area contributed by atoms with Crippen molar-refractivity contribution < 1.29 is 23.1 Å². The number of amides is 1. The van der Waals surface area contributed by atoms with Gasteiger partial charge in [-0.2, -0.15) is 0 Å². The largest absolute Gasteiger partial charge is 0.477 e. The molecule has 0 atom stereocenters. The molecule has 0 aliphatic carbocycles. The van der Waals surface area contributed by atoms with E-state index in [1.807, 2.05) is 6.92 Å². The first kappa shape index (κ1) is 18.2. The fraction of sp³-hybridized carbons (Fsp3) is 0.250. The number of carbonyl (C=O) groups excluding carboxylic acids is 1. The van der Waals surface area contributed by atoms with Gasteiger partial charge in [0.25, 0.3) is 5.91 Å². The number of rotatable bonds is 6. The van der Waals surface area contributed by atoms with Crippen LogP contribution in [0, 0.1) is 0 Å². The Labute approximate surface area is 144 Å². The zero-order valence-electron chi connectivity index (χ0n) is 13.2. The maximum absolute atomic E-state index is 12.4. The molecule has 0 unspecified atom stereocenters. The molecule has 2 rings (SSSR count). The van der Waals surface area contributed by atoms with E-state index in [-0.39, 0.29) is 22.2 Å². The smallest absolute Gasteiger partial charge is 0.345 e. The molecule has 0 bridgehead atoms. The minimum absolute atomic E-state index is 0.0918. The van der Waals surface area contributed by atoms with Gasteiger partial charge in [0.05, 0.1) is 11.4 Å². The van der Waals surface area contributed by atoms with Gasteiger partial charge in [-0.15, -0.1) is 11.3 Å². The molecule has 0 aliphatic rings. The average Bonchev–Trinajstić information content (AvgIpc) is 3.00. The molecule has 6 nitrogen and oxygen atoms in total. The molecule has 0 fully saturated rings. The number of nitrogens with one attached hydrogen (secondary N) is 1. The van der Waals surface area contributed by atoms with Crippen molar-refractivity contribution in [3.05, 3.63) is 51.2 Å². The highest BCUT2D eigenvalue weighted by atomic mass is 32.2. The topological polar surface area (TPSA) is 101 Å². The molecule has 0 spiro atoms. The van der Waals surface area contributed by atoms with E-state index in [1.165, 1.54) is 18.2 Å². The summed E-state index contributed by atoms with van der Waals surface area (Å²) < 4.78 is 23.3. The van der Waals surface area contributed by atoms with Crippen molar-refractivity contribution in [2.24, 2.45) is 0 Å². The van der Waals surface area contributed by atoms with Gasteiger partial charge >= 0.3 is 5.97 Å². The maximum Gasteiger partial charge on any atom is 0.345 e. The Morgan fingerprint density at radius 3 is 2.46 bits per heavy atom. The number of carboxylic acid groups (broad SMARTS) is 1. The summed E-state index contributed by atoms with van der Waals surface area (Å²) in [5.41, 5.74) is 1.06. The Morgan fingerprint density at radius 2 is 1.92 bits per heavy atom. The van der Waals surface area contributed by atoms with Crippen molar-refractivity contribution in [3.8, 4) is 0 Å². The Balaban J connectivity index is 2.20. The van der Waals surface area contributed by atoms with E-state index in [2.05, 4.69) is 5.32 Å². The molecule has 2 N–H and O–H groups in total. The van der Waals surface area contributed by atoms with E-state index in [9.17, 15) is 18.0 Å². The molecular weight excluding hydrogens is 350 g/mol. The third kappa shape index (κ3) is 4.21. The van der Waals surface area contributed by atoms with Gasteiger partial charge in [0, 0.05) is 16.7 Å². The lowest BCUT2D eigenvalue weighted by molar-refractivity contribution is 0.0702. The summed E-state index contributed by atoms with van der Waals surface area (Å²) in [5.74, 6) is -1.39. The molecule has 1 heterocycles. The minimum Gasteiger partial charge on any atom is -0.477 e. The monoisotopic (exact) mass is 367 g/mol. The first-order valence-electron chi connectivity index (χ1n) is 7.15. The fourth-order valence-corrected chi connectivity index (χ4v) is 3.59. The molecule has 0 radical (unpaired) electrons. The summed E-state index contributed by atoms with van der Waals surface area (Å²) in [6, 6.07) is 7.63. The molecule has 0 aliphatic heterocycles. The second kappa shape index (κ2) is 7.14. The van der Waals surface area contributed by atoms with Crippen LogP contribution in [0.3, 0.4) is 0 Å². The van der Waals surface area contributed by atoms with E-state index in [1.54, 1.807) is 12.1 Å². The van der Waals surface area contributed by atoms with Gasteiger partial charge in [0.2, 0.25) is 0 Å². The van der Waals surface area contributed by atoms with Crippen LogP contribution in [0.25, 0.3) is 0 Å². The number of hydrogen-bond donors (Lipinski definition) is 2. The van der Waals surface area contributed by atoms with Crippen molar-refractivity contribution >= 4 is 33.1 Å². The average molecular weight is 367 g/mol. The minimum atomic E-state index is -3.40.